The second kappa shape index (κ2) is 8.51. The van der Waals surface area contributed by atoms with Gasteiger partial charge >= 0.3 is 0 Å². The second-order valence-corrected chi connectivity index (χ2v) is 6.54. The Morgan fingerprint density at radius 2 is 1.72 bits per heavy atom. The molecule has 0 radical (unpaired) electrons. The lowest BCUT2D eigenvalue weighted by Crippen LogP contribution is -2.45. The lowest BCUT2D eigenvalue weighted by molar-refractivity contribution is -0.385. The van der Waals surface area contributed by atoms with E-state index in [0.717, 1.165) is 0 Å². The number of amides is 3. The molecule has 0 bridgehead atoms. The van der Waals surface area contributed by atoms with Gasteiger partial charge in [-0.3, -0.25) is 24.5 Å². The van der Waals surface area contributed by atoms with Crippen LogP contribution in [0.3, 0.4) is 0 Å². The van der Waals surface area contributed by atoms with Gasteiger partial charge in [0.25, 0.3) is 17.5 Å². The molecule has 1 saturated heterocycles. The standard InChI is InChI=1S/C20H20N4O5/c1-21-19(26)17-11-6-12-23(17)20(27)13-7-2-4-9-15(13)22-18(25)14-8-3-5-10-16(14)24(28)29/h2-5,7-10,17H,6,11-12H2,1H3,(H,21,26)(H,22,25)/t17-/m0/s1. The summed E-state index contributed by atoms with van der Waals surface area (Å²) in [6, 6.07) is 11.4. The number of likely N-dealkylation sites (N-methyl/N-ethyl adjacent to an activating group) is 1. The number of anilines is 1. The zero-order valence-electron chi connectivity index (χ0n) is 15.8. The van der Waals surface area contributed by atoms with Crippen LogP contribution >= 0.6 is 0 Å². The monoisotopic (exact) mass is 396 g/mol. The Balaban J connectivity index is 1.88. The number of carbonyl (C=O) groups excluding carboxylic acids is 3. The van der Waals surface area contributed by atoms with Crippen molar-refractivity contribution in [1.82, 2.24) is 10.2 Å². The van der Waals surface area contributed by atoms with Gasteiger partial charge in [0.2, 0.25) is 5.91 Å². The van der Waals surface area contributed by atoms with Crippen LogP contribution in [0.2, 0.25) is 0 Å². The first-order valence-corrected chi connectivity index (χ1v) is 9.10. The summed E-state index contributed by atoms with van der Waals surface area (Å²) in [6.07, 6.45) is 1.27. The smallest absolute Gasteiger partial charge is 0.282 e. The summed E-state index contributed by atoms with van der Waals surface area (Å²) in [5, 5.41) is 16.3. The SMILES string of the molecule is CNC(=O)[C@@H]1CCCN1C(=O)c1ccccc1NC(=O)c1ccccc1[N+](=O)[O-]. The van der Waals surface area contributed by atoms with Crippen molar-refractivity contribution in [3.8, 4) is 0 Å². The molecule has 1 heterocycles. The quantitative estimate of drug-likeness (QED) is 0.593. The Labute approximate surface area is 166 Å². The maximum absolute atomic E-state index is 13.1. The van der Waals surface area contributed by atoms with E-state index in [2.05, 4.69) is 10.6 Å². The summed E-state index contributed by atoms with van der Waals surface area (Å²) in [6.45, 7) is 0.434. The molecule has 150 valence electrons. The number of nitro benzene ring substituents is 1. The van der Waals surface area contributed by atoms with Gasteiger partial charge in [-0.2, -0.15) is 0 Å². The van der Waals surface area contributed by atoms with E-state index in [1.54, 1.807) is 24.3 Å². The van der Waals surface area contributed by atoms with E-state index in [-0.39, 0.29) is 34.3 Å². The van der Waals surface area contributed by atoms with Gasteiger partial charge in [-0.25, -0.2) is 0 Å². The molecular formula is C20H20N4O5. The molecule has 0 aromatic heterocycles. The number of rotatable bonds is 5. The van der Waals surface area contributed by atoms with E-state index in [4.69, 9.17) is 0 Å². The minimum Gasteiger partial charge on any atom is -0.357 e. The molecule has 0 spiro atoms. The molecule has 29 heavy (non-hydrogen) atoms. The number of hydrogen-bond donors (Lipinski definition) is 2. The Kier molecular flexibility index (Phi) is 5.87. The molecule has 2 aromatic carbocycles. The van der Waals surface area contributed by atoms with Crippen LogP contribution in [0.15, 0.2) is 48.5 Å². The molecule has 3 rings (SSSR count). The molecule has 0 unspecified atom stereocenters. The molecule has 1 aliphatic heterocycles. The Bertz CT molecular complexity index is 975. The van der Waals surface area contributed by atoms with Gasteiger partial charge in [0.15, 0.2) is 0 Å². The topological polar surface area (TPSA) is 122 Å². The van der Waals surface area contributed by atoms with Crippen molar-refractivity contribution in [3.63, 3.8) is 0 Å². The summed E-state index contributed by atoms with van der Waals surface area (Å²) >= 11 is 0. The molecule has 2 aromatic rings. The molecule has 3 amide bonds. The fourth-order valence-corrected chi connectivity index (χ4v) is 3.40. The van der Waals surface area contributed by atoms with E-state index in [0.29, 0.717) is 19.4 Å². The van der Waals surface area contributed by atoms with E-state index in [1.165, 1.54) is 36.2 Å². The average Bonchev–Trinajstić information content (AvgIpc) is 3.23. The summed E-state index contributed by atoms with van der Waals surface area (Å²) in [5.74, 6) is -1.31. The van der Waals surface area contributed by atoms with Crippen LogP contribution in [0.1, 0.15) is 33.6 Å². The molecule has 9 heteroatoms. The average molecular weight is 396 g/mol. The predicted molar refractivity (Wildman–Crippen MR) is 106 cm³/mol. The fourth-order valence-electron chi connectivity index (χ4n) is 3.40. The van der Waals surface area contributed by atoms with Gasteiger partial charge in [-0.15, -0.1) is 0 Å². The molecule has 1 aliphatic rings. The molecule has 1 fully saturated rings. The lowest BCUT2D eigenvalue weighted by Gasteiger charge is -2.24. The first kappa shape index (κ1) is 20.0. The first-order valence-electron chi connectivity index (χ1n) is 9.10. The minimum atomic E-state index is -0.693. The van der Waals surface area contributed by atoms with Crippen molar-refractivity contribution in [1.29, 1.82) is 0 Å². The van der Waals surface area contributed by atoms with Crippen molar-refractivity contribution in [2.75, 3.05) is 18.9 Å². The maximum atomic E-state index is 13.1. The van der Waals surface area contributed by atoms with Gasteiger partial charge in [0.1, 0.15) is 11.6 Å². The molecular weight excluding hydrogens is 376 g/mol. The normalized spacial score (nSPS) is 15.6. The zero-order chi connectivity index (χ0) is 21.0. The lowest BCUT2D eigenvalue weighted by atomic mass is 10.1. The van der Waals surface area contributed by atoms with Crippen LogP contribution in [-0.4, -0.2) is 47.2 Å². The summed E-state index contributed by atoms with van der Waals surface area (Å²) in [5.41, 5.74) is 0.00985. The van der Waals surface area contributed by atoms with Crippen LogP contribution < -0.4 is 10.6 Å². The second-order valence-electron chi connectivity index (χ2n) is 6.54. The van der Waals surface area contributed by atoms with E-state index in [1.807, 2.05) is 0 Å². The van der Waals surface area contributed by atoms with Crippen LogP contribution in [0.4, 0.5) is 11.4 Å². The molecule has 0 aliphatic carbocycles. The summed E-state index contributed by atoms with van der Waals surface area (Å²) in [4.78, 5) is 49.8. The van der Waals surface area contributed by atoms with Crippen LogP contribution in [0.25, 0.3) is 0 Å². The van der Waals surface area contributed by atoms with Crippen LogP contribution in [0, 0.1) is 10.1 Å². The van der Waals surface area contributed by atoms with Crippen molar-refractivity contribution in [3.05, 3.63) is 69.8 Å². The third kappa shape index (κ3) is 4.08. The highest BCUT2D eigenvalue weighted by atomic mass is 16.6. The number of nitrogens with zero attached hydrogens (tertiary/aromatic N) is 2. The van der Waals surface area contributed by atoms with Gasteiger partial charge in [-0.05, 0) is 31.0 Å². The fraction of sp³-hybridized carbons (Fsp3) is 0.250. The highest BCUT2D eigenvalue weighted by molar-refractivity contribution is 6.11. The van der Waals surface area contributed by atoms with Gasteiger partial charge in [0.05, 0.1) is 16.2 Å². The van der Waals surface area contributed by atoms with Crippen molar-refractivity contribution >= 4 is 29.1 Å². The highest BCUT2D eigenvalue weighted by Gasteiger charge is 2.35. The van der Waals surface area contributed by atoms with Crippen LogP contribution in [-0.2, 0) is 4.79 Å². The maximum Gasteiger partial charge on any atom is 0.282 e. The number of carbonyl (C=O) groups is 3. The van der Waals surface area contributed by atoms with E-state index in [9.17, 15) is 24.5 Å². The third-order valence-corrected chi connectivity index (χ3v) is 4.81. The van der Waals surface area contributed by atoms with Gasteiger partial charge < -0.3 is 15.5 Å². The first-order chi connectivity index (χ1) is 13.9. The Morgan fingerprint density at radius 3 is 2.41 bits per heavy atom. The Morgan fingerprint density at radius 1 is 1.07 bits per heavy atom. The number of nitrogens with one attached hydrogen (secondary N) is 2. The molecule has 1 atom stereocenters. The molecule has 9 nitrogen and oxygen atoms in total. The predicted octanol–water partition coefficient (Wildman–Crippen LogP) is 2.20. The zero-order valence-corrected chi connectivity index (χ0v) is 15.8. The number of para-hydroxylation sites is 2. The summed E-state index contributed by atoms with van der Waals surface area (Å²) in [7, 11) is 1.52. The largest absolute Gasteiger partial charge is 0.357 e. The Hall–Kier alpha value is -3.75. The molecule has 2 N–H and O–H groups in total. The van der Waals surface area contributed by atoms with Crippen molar-refractivity contribution in [2.45, 2.75) is 18.9 Å². The third-order valence-electron chi connectivity index (χ3n) is 4.81. The molecule has 0 saturated carbocycles. The number of likely N-dealkylation sites (tertiary alicyclic amines) is 1. The highest BCUT2D eigenvalue weighted by Crippen LogP contribution is 2.25. The summed E-state index contributed by atoms with van der Waals surface area (Å²) < 4.78 is 0. The van der Waals surface area contributed by atoms with E-state index < -0.39 is 16.9 Å². The van der Waals surface area contributed by atoms with Gasteiger partial charge in [0, 0.05) is 19.7 Å². The number of hydrogen-bond acceptors (Lipinski definition) is 5. The van der Waals surface area contributed by atoms with E-state index >= 15 is 0 Å². The minimum absolute atomic E-state index is 0.107. The van der Waals surface area contributed by atoms with Crippen molar-refractivity contribution in [2.24, 2.45) is 0 Å². The number of nitro groups is 1. The van der Waals surface area contributed by atoms with Crippen LogP contribution in [0.5, 0.6) is 0 Å². The number of benzene rings is 2. The van der Waals surface area contributed by atoms with Gasteiger partial charge in [-0.1, -0.05) is 24.3 Å². The van der Waals surface area contributed by atoms with Crippen molar-refractivity contribution < 1.29 is 19.3 Å².